The van der Waals surface area contributed by atoms with Crippen LogP contribution in [-0.2, 0) is 10.2 Å². The lowest BCUT2D eigenvalue weighted by atomic mass is 9.76. The lowest BCUT2D eigenvalue weighted by Gasteiger charge is -2.31. The number of amides is 1. The summed E-state index contributed by atoms with van der Waals surface area (Å²) in [7, 11) is 3.55. The normalized spacial score (nSPS) is 11.5. The van der Waals surface area contributed by atoms with Crippen molar-refractivity contribution in [2.75, 3.05) is 33.7 Å². The fourth-order valence-electron chi connectivity index (χ4n) is 2.85. The maximum Gasteiger partial charge on any atom is 0.223 e. The van der Waals surface area contributed by atoms with Crippen LogP contribution in [0.3, 0.4) is 0 Å². The van der Waals surface area contributed by atoms with Gasteiger partial charge in [-0.1, -0.05) is 44.2 Å². The Bertz CT molecular complexity index is 542. The quantitative estimate of drug-likeness (QED) is 0.328. The first-order chi connectivity index (χ1) is 12.0. The van der Waals surface area contributed by atoms with Crippen molar-refractivity contribution in [3.63, 3.8) is 0 Å². The average molecular weight is 474 g/mol. The molecule has 0 spiro atoms. The summed E-state index contributed by atoms with van der Waals surface area (Å²) in [6.45, 7) is 8.60. The fraction of sp³-hybridized carbons (Fsp3) is 0.600. The van der Waals surface area contributed by atoms with Gasteiger partial charge in [-0.25, -0.2) is 0 Å². The van der Waals surface area contributed by atoms with Crippen molar-refractivity contribution in [3.8, 4) is 0 Å². The van der Waals surface area contributed by atoms with E-state index < -0.39 is 0 Å². The van der Waals surface area contributed by atoms with Crippen LogP contribution >= 0.6 is 24.0 Å². The second-order valence-electron chi connectivity index (χ2n) is 6.51. The van der Waals surface area contributed by atoms with E-state index in [2.05, 4.69) is 54.8 Å². The van der Waals surface area contributed by atoms with E-state index in [9.17, 15) is 4.79 Å². The van der Waals surface area contributed by atoms with E-state index in [1.54, 1.807) is 19.0 Å². The number of hydrogen-bond donors (Lipinski definition) is 2. The molecule has 0 saturated heterocycles. The first-order valence-electron chi connectivity index (χ1n) is 9.27. The van der Waals surface area contributed by atoms with Gasteiger partial charge >= 0.3 is 0 Å². The third kappa shape index (κ3) is 7.51. The Labute approximate surface area is 176 Å². The Morgan fingerprint density at radius 1 is 1.08 bits per heavy atom. The number of guanidine groups is 1. The van der Waals surface area contributed by atoms with E-state index in [-0.39, 0.29) is 35.3 Å². The smallest absolute Gasteiger partial charge is 0.223 e. The minimum Gasteiger partial charge on any atom is -0.357 e. The molecule has 0 radical (unpaired) electrons. The zero-order chi connectivity index (χ0) is 18.7. The zero-order valence-electron chi connectivity index (χ0n) is 16.8. The molecule has 1 aromatic rings. The van der Waals surface area contributed by atoms with Gasteiger partial charge in [0.15, 0.2) is 5.96 Å². The van der Waals surface area contributed by atoms with Gasteiger partial charge in [0.05, 0.1) is 6.54 Å². The Morgan fingerprint density at radius 3 is 2.19 bits per heavy atom. The molecule has 0 bridgehead atoms. The van der Waals surface area contributed by atoms with Crippen LogP contribution in [0, 0.1) is 0 Å². The van der Waals surface area contributed by atoms with Crippen LogP contribution in [-0.4, -0.2) is 50.5 Å². The summed E-state index contributed by atoms with van der Waals surface area (Å²) >= 11 is 0. The van der Waals surface area contributed by atoms with Gasteiger partial charge in [0, 0.05) is 39.0 Å². The van der Waals surface area contributed by atoms with E-state index in [4.69, 9.17) is 4.99 Å². The van der Waals surface area contributed by atoms with Gasteiger partial charge in [-0.15, -0.1) is 24.0 Å². The second-order valence-corrected chi connectivity index (χ2v) is 6.51. The van der Waals surface area contributed by atoms with Gasteiger partial charge in [-0.2, -0.15) is 0 Å². The Kier molecular flexibility index (Phi) is 12.3. The number of nitrogens with one attached hydrogen (secondary N) is 2. The van der Waals surface area contributed by atoms with Crippen LogP contribution in [0.2, 0.25) is 0 Å². The third-order valence-electron chi connectivity index (χ3n) is 4.75. The van der Waals surface area contributed by atoms with Crippen molar-refractivity contribution < 1.29 is 4.79 Å². The minimum absolute atomic E-state index is 0. The molecule has 2 N–H and O–H groups in total. The van der Waals surface area contributed by atoms with Crippen LogP contribution < -0.4 is 10.6 Å². The first-order valence-corrected chi connectivity index (χ1v) is 9.27. The minimum atomic E-state index is 0. The van der Waals surface area contributed by atoms with Gasteiger partial charge < -0.3 is 15.5 Å². The molecule has 6 heteroatoms. The number of carbonyl (C=O) groups excluding carboxylic acids is 1. The lowest BCUT2D eigenvalue weighted by molar-refractivity contribution is -0.128. The summed E-state index contributed by atoms with van der Waals surface area (Å²) in [5.74, 6) is 0.889. The Balaban J connectivity index is 0.00000625. The van der Waals surface area contributed by atoms with E-state index in [0.29, 0.717) is 13.0 Å². The Hall–Kier alpha value is -1.31. The van der Waals surface area contributed by atoms with Crippen molar-refractivity contribution in [1.82, 2.24) is 15.5 Å². The van der Waals surface area contributed by atoms with Crippen molar-refractivity contribution >= 4 is 35.8 Å². The van der Waals surface area contributed by atoms with Crippen LogP contribution in [0.5, 0.6) is 0 Å². The molecule has 0 unspecified atom stereocenters. The summed E-state index contributed by atoms with van der Waals surface area (Å²) in [5.41, 5.74) is 1.38. The molecule has 0 saturated carbocycles. The highest BCUT2D eigenvalue weighted by molar-refractivity contribution is 14.0. The van der Waals surface area contributed by atoms with Crippen molar-refractivity contribution in [3.05, 3.63) is 35.9 Å². The standard InChI is InChI=1S/C20H34N4O.HI/c1-6-20(7-2,17-12-10-9-11-13-17)16-23-19(21-8-3)22-15-14-18(25)24(4)5;/h9-13H,6-8,14-16H2,1-5H3,(H2,21,22,23);1H. The first kappa shape index (κ1) is 24.7. The average Bonchev–Trinajstić information content (AvgIpc) is 2.63. The zero-order valence-corrected chi connectivity index (χ0v) is 19.2. The Morgan fingerprint density at radius 2 is 1.69 bits per heavy atom. The summed E-state index contributed by atoms with van der Waals surface area (Å²) in [5, 5.41) is 6.54. The number of benzene rings is 1. The molecule has 0 atom stereocenters. The van der Waals surface area contributed by atoms with Gasteiger partial charge in [0.25, 0.3) is 0 Å². The molecule has 1 amide bonds. The van der Waals surface area contributed by atoms with Gasteiger partial charge in [0.1, 0.15) is 0 Å². The second kappa shape index (κ2) is 12.9. The molecule has 1 aromatic carbocycles. The molecule has 1 rings (SSSR count). The van der Waals surface area contributed by atoms with Crippen molar-refractivity contribution in [2.24, 2.45) is 4.99 Å². The molecule has 0 aromatic heterocycles. The van der Waals surface area contributed by atoms with Crippen LogP contribution in [0.1, 0.15) is 45.6 Å². The number of aliphatic imine (C=N–C) groups is 1. The van der Waals surface area contributed by atoms with Gasteiger partial charge in [-0.05, 0) is 25.3 Å². The molecular weight excluding hydrogens is 439 g/mol. The largest absolute Gasteiger partial charge is 0.357 e. The van der Waals surface area contributed by atoms with Crippen LogP contribution in [0.15, 0.2) is 35.3 Å². The summed E-state index contributed by atoms with van der Waals surface area (Å²) in [6.07, 6.45) is 2.54. The maximum atomic E-state index is 11.7. The SMILES string of the molecule is CCNC(=NCC(CC)(CC)c1ccccc1)NCCC(=O)N(C)C.I. The highest BCUT2D eigenvalue weighted by Crippen LogP contribution is 2.31. The maximum absolute atomic E-state index is 11.7. The molecule has 0 fully saturated rings. The number of hydrogen-bond acceptors (Lipinski definition) is 2. The third-order valence-corrected chi connectivity index (χ3v) is 4.75. The predicted molar refractivity (Wildman–Crippen MR) is 121 cm³/mol. The molecule has 0 aliphatic rings. The van der Waals surface area contributed by atoms with Crippen molar-refractivity contribution in [1.29, 1.82) is 0 Å². The van der Waals surface area contributed by atoms with Crippen molar-refractivity contribution in [2.45, 2.75) is 45.4 Å². The molecule has 0 aliphatic heterocycles. The van der Waals surface area contributed by atoms with Crippen LogP contribution in [0.4, 0.5) is 0 Å². The predicted octanol–water partition coefficient (Wildman–Crippen LogP) is 3.40. The van der Waals surface area contributed by atoms with E-state index >= 15 is 0 Å². The number of halogens is 1. The molecule has 26 heavy (non-hydrogen) atoms. The summed E-state index contributed by atoms with van der Waals surface area (Å²) in [6, 6.07) is 10.6. The number of nitrogens with zero attached hydrogens (tertiary/aromatic N) is 2. The monoisotopic (exact) mass is 474 g/mol. The van der Waals surface area contributed by atoms with E-state index in [1.165, 1.54) is 5.56 Å². The molecular formula is C20H35IN4O. The molecule has 5 nitrogen and oxygen atoms in total. The highest BCUT2D eigenvalue weighted by Gasteiger charge is 2.28. The van der Waals surface area contributed by atoms with E-state index in [0.717, 1.165) is 31.9 Å². The molecule has 0 heterocycles. The van der Waals surface area contributed by atoms with Gasteiger partial charge in [0.2, 0.25) is 5.91 Å². The molecule has 148 valence electrons. The fourth-order valence-corrected chi connectivity index (χ4v) is 2.85. The summed E-state index contributed by atoms with van der Waals surface area (Å²) < 4.78 is 0. The topological polar surface area (TPSA) is 56.7 Å². The number of carbonyl (C=O) groups is 1. The van der Waals surface area contributed by atoms with Gasteiger partial charge in [-0.3, -0.25) is 9.79 Å². The molecule has 0 aliphatic carbocycles. The lowest BCUT2D eigenvalue weighted by Crippen LogP contribution is -2.40. The number of rotatable bonds is 9. The van der Waals surface area contributed by atoms with Crippen LogP contribution in [0.25, 0.3) is 0 Å². The summed E-state index contributed by atoms with van der Waals surface area (Å²) in [4.78, 5) is 18.1. The van der Waals surface area contributed by atoms with E-state index in [1.807, 2.05) is 6.92 Å². The highest BCUT2D eigenvalue weighted by atomic mass is 127.